The molecule has 0 unspecified atom stereocenters. The molecule has 2 saturated heterocycles. The number of nitrogens with zero attached hydrogens (tertiary/aromatic N) is 2. The third-order valence-electron chi connectivity index (χ3n) is 5.68. The summed E-state index contributed by atoms with van der Waals surface area (Å²) in [5.74, 6) is -0.000954. The van der Waals surface area contributed by atoms with Gasteiger partial charge in [0.25, 0.3) is 5.91 Å². The summed E-state index contributed by atoms with van der Waals surface area (Å²) < 4.78 is 26.8. The molecular formula is C21H25N3O3S. The molecule has 7 heteroatoms. The Bertz CT molecular complexity index is 939. The second kappa shape index (κ2) is 7.66. The predicted octanol–water partition coefficient (Wildman–Crippen LogP) is 2.04. The molecule has 2 atom stereocenters. The lowest BCUT2D eigenvalue weighted by Crippen LogP contribution is -2.32. The third kappa shape index (κ3) is 3.57. The van der Waals surface area contributed by atoms with Crippen LogP contribution in [0.4, 0.5) is 0 Å². The summed E-state index contributed by atoms with van der Waals surface area (Å²) in [4.78, 5) is 14.9. The van der Waals surface area contributed by atoms with Gasteiger partial charge in [-0.1, -0.05) is 30.3 Å². The Balaban J connectivity index is 1.48. The summed E-state index contributed by atoms with van der Waals surface area (Å²) >= 11 is 0. The minimum Gasteiger partial charge on any atom is -0.336 e. The van der Waals surface area contributed by atoms with Gasteiger partial charge in [0.1, 0.15) is 0 Å². The second-order valence-corrected chi connectivity index (χ2v) is 9.46. The van der Waals surface area contributed by atoms with Crippen LogP contribution in [0.2, 0.25) is 0 Å². The van der Waals surface area contributed by atoms with Crippen molar-refractivity contribution in [2.45, 2.75) is 29.7 Å². The number of likely N-dealkylation sites (tertiary alicyclic amines) is 1. The Morgan fingerprint density at radius 1 is 0.929 bits per heavy atom. The van der Waals surface area contributed by atoms with E-state index in [4.69, 9.17) is 5.73 Å². The van der Waals surface area contributed by atoms with Gasteiger partial charge < -0.3 is 10.6 Å². The normalized spacial score (nSPS) is 23.2. The zero-order chi connectivity index (χ0) is 19.7. The molecule has 2 aliphatic heterocycles. The lowest BCUT2D eigenvalue weighted by atomic mass is 9.95. The molecule has 0 radical (unpaired) electrons. The first-order valence-electron chi connectivity index (χ1n) is 9.67. The van der Waals surface area contributed by atoms with Gasteiger partial charge in [-0.25, -0.2) is 8.42 Å². The third-order valence-corrected chi connectivity index (χ3v) is 7.60. The standard InChI is InChI=1S/C21H25N3O3S/c22-20-15-23(14-19(20)16-6-2-1-3-7-16)21(25)17-8-10-18(11-9-17)28(26,27)24-12-4-5-13-24/h1-3,6-11,19-20H,4-5,12-15,22H2/t19-,20+/m0/s1. The van der Waals surface area contributed by atoms with Crippen molar-refractivity contribution < 1.29 is 13.2 Å². The smallest absolute Gasteiger partial charge is 0.253 e. The average Bonchev–Trinajstić information content (AvgIpc) is 3.39. The number of sulfonamides is 1. The Morgan fingerprint density at radius 3 is 2.21 bits per heavy atom. The summed E-state index contributed by atoms with van der Waals surface area (Å²) in [5.41, 5.74) is 7.91. The topological polar surface area (TPSA) is 83.7 Å². The average molecular weight is 400 g/mol. The van der Waals surface area contributed by atoms with Crippen LogP contribution in [0, 0.1) is 0 Å². The van der Waals surface area contributed by atoms with Crippen molar-refractivity contribution in [3.8, 4) is 0 Å². The van der Waals surface area contributed by atoms with E-state index in [-0.39, 0.29) is 22.8 Å². The molecule has 2 aliphatic rings. The molecule has 6 nitrogen and oxygen atoms in total. The van der Waals surface area contributed by atoms with Crippen LogP contribution in [0.5, 0.6) is 0 Å². The Hall–Kier alpha value is -2.22. The Kier molecular flexibility index (Phi) is 5.23. The van der Waals surface area contributed by atoms with E-state index < -0.39 is 10.0 Å². The minimum absolute atomic E-state index is 0.110. The van der Waals surface area contributed by atoms with Crippen LogP contribution in [0.25, 0.3) is 0 Å². The first-order chi connectivity index (χ1) is 13.5. The summed E-state index contributed by atoms with van der Waals surface area (Å²) in [7, 11) is -3.47. The van der Waals surface area contributed by atoms with E-state index in [0.717, 1.165) is 18.4 Å². The van der Waals surface area contributed by atoms with Crippen LogP contribution >= 0.6 is 0 Å². The first kappa shape index (κ1) is 19.1. The van der Waals surface area contributed by atoms with E-state index in [0.29, 0.717) is 31.7 Å². The minimum atomic E-state index is -3.47. The van der Waals surface area contributed by atoms with Gasteiger partial charge in [-0.3, -0.25) is 4.79 Å². The van der Waals surface area contributed by atoms with Crippen molar-refractivity contribution in [3.63, 3.8) is 0 Å². The van der Waals surface area contributed by atoms with E-state index in [1.807, 2.05) is 30.3 Å². The van der Waals surface area contributed by atoms with Crippen LogP contribution in [0.1, 0.15) is 34.7 Å². The molecule has 0 spiro atoms. The maximum atomic E-state index is 12.9. The molecule has 0 aliphatic carbocycles. The number of hydrogen-bond donors (Lipinski definition) is 1. The first-order valence-corrected chi connectivity index (χ1v) is 11.1. The van der Waals surface area contributed by atoms with Crippen molar-refractivity contribution in [1.82, 2.24) is 9.21 Å². The van der Waals surface area contributed by atoms with Crippen LogP contribution in [0.15, 0.2) is 59.5 Å². The summed E-state index contributed by atoms with van der Waals surface area (Å²) in [6.45, 7) is 2.19. The lowest BCUT2D eigenvalue weighted by Gasteiger charge is -2.18. The van der Waals surface area contributed by atoms with Gasteiger partial charge >= 0.3 is 0 Å². The highest BCUT2D eigenvalue weighted by Crippen LogP contribution is 2.28. The van der Waals surface area contributed by atoms with Gasteiger partial charge in [0.05, 0.1) is 4.90 Å². The van der Waals surface area contributed by atoms with Crippen LogP contribution in [-0.2, 0) is 10.0 Å². The molecule has 1 amide bonds. The quantitative estimate of drug-likeness (QED) is 0.853. The molecule has 0 saturated carbocycles. The summed E-state index contributed by atoms with van der Waals surface area (Å²) in [6, 6.07) is 16.2. The Labute approximate surface area is 166 Å². The van der Waals surface area contributed by atoms with Gasteiger partial charge in [-0.05, 0) is 42.7 Å². The molecule has 28 heavy (non-hydrogen) atoms. The van der Waals surface area contributed by atoms with Crippen LogP contribution in [-0.4, -0.2) is 55.8 Å². The van der Waals surface area contributed by atoms with E-state index in [9.17, 15) is 13.2 Å². The number of carbonyl (C=O) groups excluding carboxylic acids is 1. The van der Waals surface area contributed by atoms with Crippen LogP contribution < -0.4 is 5.73 Å². The van der Waals surface area contributed by atoms with Gasteiger partial charge in [-0.15, -0.1) is 0 Å². The fourth-order valence-corrected chi connectivity index (χ4v) is 5.59. The van der Waals surface area contributed by atoms with Gasteiger partial charge in [-0.2, -0.15) is 4.31 Å². The molecule has 0 bridgehead atoms. The number of carbonyl (C=O) groups is 1. The molecule has 2 aromatic rings. The molecule has 2 aromatic carbocycles. The van der Waals surface area contributed by atoms with Crippen molar-refractivity contribution in [1.29, 1.82) is 0 Å². The maximum Gasteiger partial charge on any atom is 0.253 e. The summed E-state index contributed by atoms with van der Waals surface area (Å²) in [6.07, 6.45) is 1.79. The van der Waals surface area contributed by atoms with Crippen molar-refractivity contribution in [2.75, 3.05) is 26.2 Å². The van der Waals surface area contributed by atoms with Gasteiger partial charge in [0.15, 0.2) is 0 Å². The largest absolute Gasteiger partial charge is 0.336 e. The number of rotatable bonds is 4. The molecule has 2 heterocycles. The molecule has 4 rings (SSSR count). The Morgan fingerprint density at radius 2 is 1.57 bits per heavy atom. The molecule has 0 aromatic heterocycles. The predicted molar refractivity (Wildman–Crippen MR) is 107 cm³/mol. The highest BCUT2D eigenvalue weighted by Gasteiger charge is 2.34. The molecule has 148 valence electrons. The molecule has 2 fully saturated rings. The van der Waals surface area contributed by atoms with E-state index in [2.05, 4.69) is 0 Å². The van der Waals surface area contributed by atoms with E-state index in [1.165, 1.54) is 16.4 Å². The van der Waals surface area contributed by atoms with Crippen molar-refractivity contribution in [2.24, 2.45) is 5.73 Å². The highest BCUT2D eigenvalue weighted by molar-refractivity contribution is 7.89. The highest BCUT2D eigenvalue weighted by atomic mass is 32.2. The SMILES string of the molecule is N[C@@H]1CN(C(=O)c2ccc(S(=O)(=O)N3CCCC3)cc2)C[C@H]1c1ccccc1. The zero-order valence-electron chi connectivity index (χ0n) is 15.7. The number of benzene rings is 2. The number of nitrogens with two attached hydrogens (primary N) is 1. The summed E-state index contributed by atoms with van der Waals surface area (Å²) in [5, 5.41) is 0. The molecular weight excluding hydrogens is 374 g/mol. The monoisotopic (exact) mass is 399 g/mol. The van der Waals surface area contributed by atoms with Crippen LogP contribution in [0.3, 0.4) is 0 Å². The number of amides is 1. The fourth-order valence-electron chi connectivity index (χ4n) is 4.08. The van der Waals surface area contributed by atoms with E-state index >= 15 is 0 Å². The van der Waals surface area contributed by atoms with Crippen molar-refractivity contribution >= 4 is 15.9 Å². The number of hydrogen-bond acceptors (Lipinski definition) is 4. The molecule has 2 N–H and O–H groups in total. The second-order valence-electron chi connectivity index (χ2n) is 7.53. The van der Waals surface area contributed by atoms with Gasteiger partial charge in [0.2, 0.25) is 10.0 Å². The lowest BCUT2D eigenvalue weighted by molar-refractivity contribution is 0.0789. The van der Waals surface area contributed by atoms with Crippen molar-refractivity contribution in [3.05, 3.63) is 65.7 Å². The van der Waals surface area contributed by atoms with E-state index in [1.54, 1.807) is 17.0 Å². The maximum absolute atomic E-state index is 12.9. The van der Waals surface area contributed by atoms with Gasteiger partial charge in [0, 0.05) is 43.7 Å². The fraction of sp³-hybridized carbons (Fsp3) is 0.381. The zero-order valence-corrected chi connectivity index (χ0v) is 16.5.